The van der Waals surface area contributed by atoms with Crippen molar-refractivity contribution in [1.82, 2.24) is 9.88 Å². The lowest BCUT2D eigenvalue weighted by Gasteiger charge is -2.17. The molecule has 31 heavy (non-hydrogen) atoms. The van der Waals surface area contributed by atoms with Crippen molar-refractivity contribution in [3.05, 3.63) is 81.1 Å². The highest BCUT2D eigenvalue weighted by atomic mass is 35.5. The van der Waals surface area contributed by atoms with Gasteiger partial charge in [-0.1, -0.05) is 41.9 Å². The SMILES string of the molecule is O=C(NCC[NH+]1CCCCCC1)c1cc(=O)n(Cc2ccc(Cl)cc2)c2ccccc12. The van der Waals surface area contributed by atoms with Crippen molar-refractivity contribution in [3.8, 4) is 0 Å². The molecule has 1 saturated heterocycles. The predicted molar refractivity (Wildman–Crippen MR) is 125 cm³/mol. The van der Waals surface area contributed by atoms with E-state index in [0.717, 1.165) is 23.0 Å². The lowest BCUT2D eigenvalue weighted by atomic mass is 10.1. The molecule has 162 valence electrons. The molecular weight excluding hydrogens is 410 g/mol. The zero-order chi connectivity index (χ0) is 21.6. The normalized spacial score (nSPS) is 15.0. The number of pyridine rings is 1. The van der Waals surface area contributed by atoms with Crippen molar-refractivity contribution < 1.29 is 9.69 Å². The van der Waals surface area contributed by atoms with Gasteiger partial charge in [0.15, 0.2) is 0 Å². The van der Waals surface area contributed by atoms with Crippen LogP contribution in [0.4, 0.5) is 0 Å². The minimum absolute atomic E-state index is 0.179. The molecule has 1 fully saturated rings. The van der Waals surface area contributed by atoms with Crippen molar-refractivity contribution in [2.24, 2.45) is 0 Å². The zero-order valence-electron chi connectivity index (χ0n) is 17.7. The first-order valence-corrected chi connectivity index (χ1v) is 11.5. The van der Waals surface area contributed by atoms with Crippen LogP contribution in [0.1, 0.15) is 41.6 Å². The molecule has 2 heterocycles. The quantitative estimate of drug-likeness (QED) is 0.621. The molecule has 0 atom stereocenters. The number of nitrogens with one attached hydrogen (secondary N) is 2. The van der Waals surface area contributed by atoms with Crippen LogP contribution in [0.15, 0.2) is 59.4 Å². The number of nitrogens with zero attached hydrogens (tertiary/aromatic N) is 1. The molecule has 0 spiro atoms. The van der Waals surface area contributed by atoms with E-state index in [0.29, 0.717) is 23.7 Å². The third-order valence-electron chi connectivity index (χ3n) is 6.09. The molecule has 0 bridgehead atoms. The number of carbonyl (C=O) groups excluding carboxylic acids is 1. The van der Waals surface area contributed by atoms with Gasteiger partial charge in [-0.3, -0.25) is 9.59 Å². The first-order valence-electron chi connectivity index (χ1n) is 11.1. The van der Waals surface area contributed by atoms with Crippen molar-refractivity contribution in [2.45, 2.75) is 32.2 Å². The van der Waals surface area contributed by atoms with Gasteiger partial charge in [0.25, 0.3) is 11.5 Å². The van der Waals surface area contributed by atoms with Crippen molar-refractivity contribution in [1.29, 1.82) is 0 Å². The van der Waals surface area contributed by atoms with E-state index in [1.54, 1.807) is 9.47 Å². The molecule has 0 saturated carbocycles. The lowest BCUT2D eigenvalue weighted by molar-refractivity contribution is -0.898. The molecule has 3 aromatic rings. The third-order valence-corrected chi connectivity index (χ3v) is 6.34. The molecule has 1 aromatic heterocycles. The van der Waals surface area contributed by atoms with Gasteiger partial charge < -0.3 is 14.8 Å². The largest absolute Gasteiger partial charge is 0.346 e. The maximum Gasteiger partial charge on any atom is 0.252 e. The Morgan fingerprint density at radius 3 is 2.45 bits per heavy atom. The summed E-state index contributed by atoms with van der Waals surface area (Å²) >= 11 is 5.98. The summed E-state index contributed by atoms with van der Waals surface area (Å²) in [5.74, 6) is -0.179. The highest BCUT2D eigenvalue weighted by Crippen LogP contribution is 2.18. The summed E-state index contributed by atoms with van der Waals surface area (Å²) in [6.07, 6.45) is 5.15. The Labute approximate surface area is 187 Å². The van der Waals surface area contributed by atoms with Gasteiger partial charge in [0.2, 0.25) is 0 Å². The van der Waals surface area contributed by atoms with E-state index >= 15 is 0 Å². The maximum absolute atomic E-state index is 12.9. The maximum atomic E-state index is 12.9. The zero-order valence-corrected chi connectivity index (χ0v) is 18.5. The molecule has 1 aliphatic rings. The van der Waals surface area contributed by atoms with Crippen LogP contribution >= 0.6 is 11.6 Å². The first kappa shape index (κ1) is 21.6. The van der Waals surface area contributed by atoms with Crippen molar-refractivity contribution in [2.75, 3.05) is 26.2 Å². The summed E-state index contributed by atoms with van der Waals surface area (Å²) in [7, 11) is 0. The van der Waals surface area contributed by atoms with Crippen LogP contribution in [0.2, 0.25) is 5.02 Å². The third kappa shape index (κ3) is 5.35. The number of carbonyl (C=O) groups is 1. The van der Waals surface area contributed by atoms with Crippen LogP contribution in [-0.2, 0) is 6.54 Å². The van der Waals surface area contributed by atoms with Crippen LogP contribution < -0.4 is 15.8 Å². The number of hydrogen-bond donors (Lipinski definition) is 2. The highest BCUT2D eigenvalue weighted by Gasteiger charge is 2.16. The molecule has 0 aliphatic carbocycles. The number of amides is 1. The first-order chi connectivity index (χ1) is 15.1. The average Bonchev–Trinajstić information content (AvgIpc) is 3.05. The number of benzene rings is 2. The number of hydrogen-bond acceptors (Lipinski definition) is 2. The van der Waals surface area contributed by atoms with Gasteiger partial charge in [0, 0.05) is 16.5 Å². The predicted octanol–water partition coefficient (Wildman–Crippen LogP) is 2.89. The second-order valence-electron chi connectivity index (χ2n) is 8.30. The minimum Gasteiger partial charge on any atom is -0.346 e. The van der Waals surface area contributed by atoms with Gasteiger partial charge in [-0.25, -0.2) is 0 Å². The average molecular weight is 439 g/mol. The van der Waals surface area contributed by atoms with E-state index in [1.165, 1.54) is 44.8 Å². The Bertz CT molecular complexity index is 1100. The van der Waals surface area contributed by atoms with Crippen LogP contribution in [0.25, 0.3) is 10.9 Å². The molecule has 4 rings (SSSR count). The molecule has 0 unspecified atom stereocenters. The topological polar surface area (TPSA) is 55.5 Å². The Morgan fingerprint density at radius 1 is 1.00 bits per heavy atom. The van der Waals surface area contributed by atoms with Crippen LogP contribution in [0.5, 0.6) is 0 Å². The van der Waals surface area contributed by atoms with Crippen molar-refractivity contribution in [3.63, 3.8) is 0 Å². The Kier molecular flexibility index (Phi) is 7.05. The molecule has 2 aromatic carbocycles. The fraction of sp³-hybridized carbons (Fsp3) is 0.360. The van der Waals surface area contributed by atoms with E-state index in [9.17, 15) is 9.59 Å². The van der Waals surface area contributed by atoms with Crippen LogP contribution in [-0.4, -0.2) is 36.7 Å². The lowest BCUT2D eigenvalue weighted by Crippen LogP contribution is -3.12. The summed E-state index contributed by atoms with van der Waals surface area (Å²) in [4.78, 5) is 27.4. The number of likely N-dealkylation sites (tertiary alicyclic amines) is 1. The molecule has 6 heteroatoms. The molecule has 1 amide bonds. The summed E-state index contributed by atoms with van der Waals surface area (Å²) < 4.78 is 1.71. The van der Waals surface area contributed by atoms with Gasteiger partial charge in [-0.2, -0.15) is 0 Å². The molecule has 0 radical (unpaired) electrons. The van der Waals surface area contributed by atoms with Gasteiger partial charge >= 0.3 is 0 Å². The highest BCUT2D eigenvalue weighted by molar-refractivity contribution is 6.30. The number of halogens is 1. The van der Waals surface area contributed by atoms with E-state index in [1.807, 2.05) is 48.5 Å². The van der Waals surface area contributed by atoms with Crippen molar-refractivity contribution >= 4 is 28.4 Å². The molecular formula is C25H29ClN3O2+. The van der Waals surface area contributed by atoms with Crippen LogP contribution in [0, 0.1) is 0 Å². The number of rotatable bonds is 6. The van der Waals surface area contributed by atoms with E-state index in [-0.39, 0.29) is 11.5 Å². The molecule has 1 aliphatic heterocycles. The van der Waals surface area contributed by atoms with Gasteiger partial charge in [-0.05, 0) is 49.4 Å². The van der Waals surface area contributed by atoms with Gasteiger partial charge in [0.1, 0.15) is 0 Å². The molecule has 2 N–H and O–H groups in total. The number of quaternary nitrogens is 1. The van der Waals surface area contributed by atoms with Gasteiger partial charge in [0.05, 0.1) is 43.8 Å². The Morgan fingerprint density at radius 2 is 1.71 bits per heavy atom. The molecule has 5 nitrogen and oxygen atoms in total. The van der Waals surface area contributed by atoms with Crippen LogP contribution in [0.3, 0.4) is 0 Å². The number of para-hydroxylation sites is 1. The standard InChI is InChI=1S/C25H28ClN3O2/c26-20-11-9-19(10-12-20)18-29-23-8-4-3-7-21(23)22(17-24(29)30)25(31)27-13-16-28-14-5-1-2-6-15-28/h3-4,7-12,17H,1-2,5-6,13-16,18H2,(H,27,31)/p+1. The second kappa shape index (κ2) is 10.1. The summed E-state index contributed by atoms with van der Waals surface area (Å²) in [6, 6.07) is 16.5. The Hall–Kier alpha value is -2.63. The number of fused-ring (bicyclic) bond motifs is 1. The summed E-state index contributed by atoms with van der Waals surface area (Å²) in [5, 5.41) is 4.49. The smallest absolute Gasteiger partial charge is 0.252 e. The van der Waals surface area contributed by atoms with E-state index in [4.69, 9.17) is 11.6 Å². The number of aromatic nitrogens is 1. The summed E-state index contributed by atoms with van der Waals surface area (Å²) in [6.45, 7) is 4.34. The fourth-order valence-electron chi connectivity index (χ4n) is 4.38. The monoisotopic (exact) mass is 438 g/mol. The van der Waals surface area contributed by atoms with E-state index < -0.39 is 0 Å². The fourth-order valence-corrected chi connectivity index (χ4v) is 4.51. The Balaban J connectivity index is 1.53. The minimum atomic E-state index is -0.183. The second-order valence-corrected chi connectivity index (χ2v) is 8.73. The summed E-state index contributed by atoms with van der Waals surface area (Å²) in [5.41, 5.74) is 2.00. The van der Waals surface area contributed by atoms with Gasteiger partial charge in [-0.15, -0.1) is 0 Å². The van der Waals surface area contributed by atoms with E-state index in [2.05, 4.69) is 5.32 Å².